The summed E-state index contributed by atoms with van der Waals surface area (Å²) in [6.07, 6.45) is -0.161. The molecule has 0 radical (unpaired) electrons. The Morgan fingerprint density at radius 1 is 1.48 bits per heavy atom. The molecule has 1 saturated heterocycles. The van der Waals surface area contributed by atoms with Gasteiger partial charge in [-0.1, -0.05) is 12.1 Å². The first-order valence-electron chi connectivity index (χ1n) is 7.54. The monoisotopic (exact) mass is 334 g/mol. The lowest BCUT2D eigenvalue weighted by Gasteiger charge is -2.25. The highest BCUT2D eigenvalue weighted by atomic mass is 32.1. The van der Waals surface area contributed by atoms with Crippen LogP contribution in [0.5, 0.6) is 0 Å². The van der Waals surface area contributed by atoms with Crippen molar-refractivity contribution < 1.29 is 14.3 Å². The number of carbonyl (C=O) groups is 1. The molecule has 1 fully saturated rings. The summed E-state index contributed by atoms with van der Waals surface area (Å²) in [7, 11) is 0. The van der Waals surface area contributed by atoms with Gasteiger partial charge in [0.25, 0.3) is 0 Å². The van der Waals surface area contributed by atoms with Crippen LogP contribution < -0.4 is 5.32 Å². The Morgan fingerprint density at radius 3 is 3.00 bits per heavy atom. The topological polar surface area (TPSA) is 52.6 Å². The van der Waals surface area contributed by atoms with Crippen LogP contribution in [-0.4, -0.2) is 28.7 Å². The number of β-amino-alcohol motifs (C(OH)–C–C–N with tert-alkyl or cyclic N) is 1. The summed E-state index contributed by atoms with van der Waals surface area (Å²) in [5.41, 5.74) is 2.95. The number of aryl methyl sites for hydroxylation is 1. The van der Waals surface area contributed by atoms with Crippen molar-refractivity contribution in [2.45, 2.75) is 32.0 Å². The zero-order valence-electron chi connectivity index (χ0n) is 12.8. The van der Waals surface area contributed by atoms with E-state index in [-0.39, 0.29) is 24.4 Å². The highest BCUT2D eigenvalue weighted by molar-refractivity contribution is 7.08. The average Bonchev–Trinajstić information content (AvgIpc) is 3.11. The molecular weight excluding hydrogens is 315 g/mol. The van der Waals surface area contributed by atoms with E-state index in [9.17, 15) is 14.3 Å². The summed E-state index contributed by atoms with van der Waals surface area (Å²) < 4.78 is 13.4. The van der Waals surface area contributed by atoms with Crippen molar-refractivity contribution >= 4 is 17.4 Å². The van der Waals surface area contributed by atoms with Gasteiger partial charge in [-0.05, 0) is 52.9 Å². The highest BCUT2D eigenvalue weighted by Crippen LogP contribution is 2.32. The van der Waals surface area contributed by atoms with E-state index < -0.39 is 6.10 Å². The van der Waals surface area contributed by atoms with E-state index in [1.807, 2.05) is 17.7 Å². The quantitative estimate of drug-likeness (QED) is 0.905. The molecule has 23 heavy (non-hydrogen) atoms. The molecule has 2 atom stereocenters. The minimum atomic E-state index is -0.586. The SMILES string of the molecule is Cc1cscc1CNC(=O)N1C[C@H](O)C[C@H]1c1cccc(F)c1. The van der Waals surface area contributed by atoms with Crippen LogP contribution in [0.4, 0.5) is 9.18 Å². The molecule has 0 saturated carbocycles. The molecule has 3 rings (SSSR count). The Kier molecular flexibility index (Phi) is 4.63. The molecule has 2 amide bonds. The third kappa shape index (κ3) is 3.54. The lowest BCUT2D eigenvalue weighted by Crippen LogP contribution is -2.39. The van der Waals surface area contributed by atoms with Crippen molar-refractivity contribution in [3.05, 3.63) is 57.5 Å². The molecule has 1 aliphatic heterocycles. The van der Waals surface area contributed by atoms with E-state index in [0.29, 0.717) is 18.5 Å². The number of aliphatic hydroxyl groups is 1. The largest absolute Gasteiger partial charge is 0.391 e. The fraction of sp³-hybridized carbons (Fsp3) is 0.353. The Bertz CT molecular complexity index is 703. The molecule has 4 nitrogen and oxygen atoms in total. The molecule has 1 aliphatic rings. The van der Waals surface area contributed by atoms with E-state index in [2.05, 4.69) is 5.32 Å². The zero-order valence-corrected chi connectivity index (χ0v) is 13.6. The van der Waals surface area contributed by atoms with Crippen LogP contribution in [-0.2, 0) is 6.54 Å². The second kappa shape index (κ2) is 6.68. The number of likely N-dealkylation sites (tertiary alicyclic amines) is 1. The van der Waals surface area contributed by atoms with E-state index >= 15 is 0 Å². The predicted octanol–water partition coefficient (Wildman–Crippen LogP) is 3.21. The van der Waals surface area contributed by atoms with Gasteiger partial charge >= 0.3 is 6.03 Å². The molecule has 0 unspecified atom stereocenters. The van der Waals surface area contributed by atoms with Gasteiger partial charge in [-0.3, -0.25) is 0 Å². The molecule has 6 heteroatoms. The summed E-state index contributed by atoms with van der Waals surface area (Å²) in [5, 5.41) is 16.9. The van der Waals surface area contributed by atoms with Crippen LogP contribution in [0.2, 0.25) is 0 Å². The first-order valence-corrected chi connectivity index (χ1v) is 8.48. The lowest BCUT2D eigenvalue weighted by atomic mass is 10.0. The molecule has 0 bridgehead atoms. The van der Waals surface area contributed by atoms with Crippen LogP contribution >= 0.6 is 11.3 Å². The van der Waals surface area contributed by atoms with Gasteiger partial charge in [0, 0.05) is 13.1 Å². The molecule has 2 aromatic rings. The van der Waals surface area contributed by atoms with E-state index in [1.54, 1.807) is 28.4 Å². The number of nitrogens with zero attached hydrogens (tertiary/aromatic N) is 1. The van der Waals surface area contributed by atoms with Crippen molar-refractivity contribution in [3.8, 4) is 0 Å². The van der Waals surface area contributed by atoms with Gasteiger partial charge in [-0.15, -0.1) is 0 Å². The highest BCUT2D eigenvalue weighted by Gasteiger charge is 2.35. The van der Waals surface area contributed by atoms with E-state index in [0.717, 1.165) is 11.1 Å². The summed E-state index contributed by atoms with van der Waals surface area (Å²) >= 11 is 1.60. The van der Waals surface area contributed by atoms with Crippen LogP contribution in [0.25, 0.3) is 0 Å². The summed E-state index contributed by atoms with van der Waals surface area (Å²) in [5.74, 6) is -0.335. The van der Waals surface area contributed by atoms with Gasteiger partial charge in [0.05, 0.1) is 12.1 Å². The molecule has 0 spiro atoms. The predicted molar refractivity (Wildman–Crippen MR) is 87.8 cm³/mol. The van der Waals surface area contributed by atoms with E-state index in [1.165, 1.54) is 12.1 Å². The summed E-state index contributed by atoms with van der Waals surface area (Å²) in [6.45, 7) is 2.72. The molecule has 2 N–H and O–H groups in total. The molecule has 122 valence electrons. The third-order valence-electron chi connectivity index (χ3n) is 4.17. The van der Waals surface area contributed by atoms with Crippen molar-refractivity contribution in [1.29, 1.82) is 0 Å². The second-order valence-electron chi connectivity index (χ2n) is 5.85. The number of hydrogen-bond donors (Lipinski definition) is 2. The average molecular weight is 334 g/mol. The maximum Gasteiger partial charge on any atom is 0.318 e. The Balaban J connectivity index is 1.71. The van der Waals surface area contributed by atoms with Crippen LogP contribution in [0, 0.1) is 12.7 Å². The Hall–Kier alpha value is -1.92. The first kappa shape index (κ1) is 16.0. The number of aliphatic hydroxyl groups excluding tert-OH is 1. The second-order valence-corrected chi connectivity index (χ2v) is 6.60. The van der Waals surface area contributed by atoms with Gasteiger partial charge in [0.1, 0.15) is 5.82 Å². The van der Waals surface area contributed by atoms with Crippen molar-refractivity contribution in [2.24, 2.45) is 0 Å². The van der Waals surface area contributed by atoms with Crippen molar-refractivity contribution in [2.75, 3.05) is 6.54 Å². The van der Waals surface area contributed by atoms with Gasteiger partial charge in [0.15, 0.2) is 0 Å². The Morgan fingerprint density at radius 2 is 2.30 bits per heavy atom. The minimum absolute atomic E-state index is 0.235. The smallest absolute Gasteiger partial charge is 0.318 e. The summed E-state index contributed by atoms with van der Waals surface area (Å²) in [6, 6.07) is 5.67. The molecule has 2 heterocycles. The van der Waals surface area contributed by atoms with Gasteiger partial charge in [-0.2, -0.15) is 11.3 Å². The maximum absolute atomic E-state index is 13.4. The van der Waals surface area contributed by atoms with Gasteiger partial charge in [-0.25, -0.2) is 9.18 Å². The number of benzene rings is 1. The number of thiophene rings is 1. The minimum Gasteiger partial charge on any atom is -0.391 e. The number of amides is 2. The van der Waals surface area contributed by atoms with Crippen LogP contribution in [0.1, 0.15) is 29.2 Å². The fourth-order valence-electron chi connectivity index (χ4n) is 2.91. The fourth-order valence-corrected chi connectivity index (χ4v) is 3.77. The van der Waals surface area contributed by atoms with E-state index in [4.69, 9.17) is 0 Å². The van der Waals surface area contributed by atoms with Crippen molar-refractivity contribution in [1.82, 2.24) is 10.2 Å². The third-order valence-corrected chi connectivity index (χ3v) is 5.08. The van der Waals surface area contributed by atoms with Gasteiger partial charge in [0.2, 0.25) is 0 Å². The molecule has 1 aromatic heterocycles. The number of hydrogen-bond acceptors (Lipinski definition) is 3. The number of halogens is 1. The lowest BCUT2D eigenvalue weighted by molar-refractivity contribution is 0.169. The number of urea groups is 1. The number of nitrogens with one attached hydrogen (secondary N) is 1. The molecular formula is C17H19FN2O2S. The maximum atomic E-state index is 13.4. The molecule has 1 aromatic carbocycles. The van der Waals surface area contributed by atoms with Crippen LogP contribution in [0.3, 0.4) is 0 Å². The number of carbonyl (C=O) groups excluding carboxylic acids is 1. The Labute approximate surface area is 138 Å². The standard InChI is InChI=1S/C17H19FN2O2S/c1-11-9-23-10-13(11)7-19-17(22)20-8-15(21)6-16(20)12-3-2-4-14(18)5-12/h2-5,9-10,15-16,21H,6-8H2,1H3,(H,19,22)/t15-,16+/m1/s1. The van der Waals surface area contributed by atoms with Crippen molar-refractivity contribution in [3.63, 3.8) is 0 Å². The molecule has 0 aliphatic carbocycles. The number of rotatable bonds is 3. The zero-order chi connectivity index (χ0) is 16.4. The van der Waals surface area contributed by atoms with Gasteiger partial charge < -0.3 is 15.3 Å². The van der Waals surface area contributed by atoms with Crippen LogP contribution in [0.15, 0.2) is 35.0 Å². The normalized spacial score (nSPS) is 20.7. The first-order chi connectivity index (χ1) is 11.0. The summed E-state index contributed by atoms with van der Waals surface area (Å²) in [4.78, 5) is 14.1.